The first-order valence-corrected chi connectivity index (χ1v) is 7.73. The van der Waals surface area contributed by atoms with E-state index in [1.54, 1.807) is 12.1 Å². The van der Waals surface area contributed by atoms with Crippen molar-refractivity contribution in [3.05, 3.63) is 63.9 Å². The number of hydrogen-bond acceptors (Lipinski definition) is 2. The molecule has 1 N–H and O–H groups in total. The SMILES string of the molecule is CC(C)NCc1cc(OCc2ccc(F)cc2)ccc1Br. The number of rotatable bonds is 6. The minimum atomic E-state index is -0.232. The van der Waals surface area contributed by atoms with E-state index in [0.29, 0.717) is 12.6 Å². The van der Waals surface area contributed by atoms with Gasteiger partial charge in [-0.2, -0.15) is 0 Å². The standard InChI is InChI=1S/C17H19BrFNO/c1-12(2)20-10-14-9-16(7-8-17(14)18)21-11-13-3-5-15(19)6-4-13/h3-9,12,20H,10-11H2,1-2H3. The Labute approximate surface area is 133 Å². The third-order valence-corrected chi connectivity index (χ3v) is 3.81. The van der Waals surface area contributed by atoms with Crippen molar-refractivity contribution < 1.29 is 9.13 Å². The molecule has 0 saturated heterocycles. The van der Waals surface area contributed by atoms with Crippen LogP contribution in [0.15, 0.2) is 46.9 Å². The Balaban J connectivity index is 1.99. The summed E-state index contributed by atoms with van der Waals surface area (Å²) in [7, 11) is 0. The highest BCUT2D eigenvalue weighted by molar-refractivity contribution is 9.10. The zero-order chi connectivity index (χ0) is 15.2. The maximum Gasteiger partial charge on any atom is 0.123 e. The van der Waals surface area contributed by atoms with Crippen LogP contribution >= 0.6 is 15.9 Å². The molecule has 0 radical (unpaired) electrons. The third-order valence-electron chi connectivity index (χ3n) is 3.04. The van der Waals surface area contributed by atoms with Gasteiger partial charge in [0.25, 0.3) is 0 Å². The van der Waals surface area contributed by atoms with Gasteiger partial charge in [0.2, 0.25) is 0 Å². The fourth-order valence-corrected chi connectivity index (χ4v) is 2.22. The van der Waals surface area contributed by atoms with Gasteiger partial charge < -0.3 is 10.1 Å². The Hall–Kier alpha value is -1.39. The van der Waals surface area contributed by atoms with Gasteiger partial charge in [-0.05, 0) is 41.5 Å². The van der Waals surface area contributed by atoms with Crippen LogP contribution < -0.4 is 10.1 Å². The topological polar surface area (TPSA) is 21.3 Å². The van der Waals surface area contributed by atoms with Gasteiger partial charge in [-0.1, -0.05) is 41.9 Å². The van der Waals surface area contributed by atoms with Crippen molar-refractivity contribution in [2.45, 2.75) is 33.0 Å². The molecule has 0 aliphatic rings. The molecule has 4 heteroatoms. The first-order chi connectivity index (χ1) is 10.0. The predicted octanol–water partition coefficient (Wildman–Crippen LogP) is 4.67. The molecule has 0 bridgehead atoms. The average Bonchev–Trinajstić information content (AvgIpc) is 2.46. The number of ether oxygens (including phenoxy) is 1. The Bertz CT molecular complexity index is 584. The summed E-state index contributed by atoms with van der Waals surface area (Å²) < 4.78 is 19.7. The minimum absolute atomic E-state index is 0.232. The van der Waals surface area contributed by atoms with Crippen molar-refractivity contribution in [2.75, 3.05) is 0 Å². The highest BCUT2D eigenvalue weighted by Crippen LogP contribution is 2.23. The van der Waals surface area contributed by atoms with E-state index in [2.05, 4.69) is 35.1 Å². The van der Waals surface area contributed by atoms with Gasteiger partial charge >= 0.3 is 0 Å². The van der Waals surface area contributed by atoms with E-state index in [-0.39, 0.29) is 5.82 Å². The van der Waals surface area contributed by atoms with Crippen LogP contribution in [-0.2, 0) is 13.2 Å². The monoisotopic (exact) mass is 351 g/mol. The van der Waals surface area contributed by atoms with Crippen molar-refractivity contribution in [1.82, 2.24) is 5.32 Å². The molecule has 0 atom stereocenters. The normalized spacial score (nSPS) is 10.9. The van der Waals surface area contributed by atoms with Crippen LogP contribution in [0.25, 0.3) is 0 Å². The molecule has 0 aromatic heterocycles. The van der Waals surface area contributed by atoms with Gasteiger partial charge in [0.05, 0.1) is 0 Å². The third kappa shape index (κ3) is 5.14. The second-order valence-electron chi connectivity index (χ2n) is 5.20. The lowest BCUT2D eigenvalue weighted by Gasteiger charge is -2.12. The molecular weight excluding hydrogens is 333 g/mol. The summed E-state index contributed by atoms with van der Waals surface area (Å²) >= 11 is 3.55. The largest absolute Gasteiger partial charge is 0.489 e. The van der Waals surface area contributed by atoms with Crippen LogP contribution in [0.2, 0.25) is 0 Å². The van der Waals surface area contributed by atoms with E-state index in [1.165, 1.54) is 12.1 Å². The summed E-state index contributed by atoms with van der Waals surface area (Å²) in [6, 6.07) is 12.7. The van der Waals surface area contributed by atoms with Gasteiger partial charge in [-0.15, -0.1) is 0 Å². The van der Waals surface area contributed by atoms with Crippen LogP contribution in [0, 0.1) is 5.82 Å². The van der Waals surface area contributed by atoms with Crippen molar-refractivity contribution in [1.29, 1.82) is 0 Å². The lowest BCUT2D eigenvalue weighted by Crippen LogP contribution is -2.22. The van der Waals surface area contributed by atoms with Gasteiger partial charge in [0.1, 0.15) is 18.2 Å². The highest BCUT2D eigenvalue weighted by atomic mass is 79.9. The molecule has 0 amide bonds. The zero-order valence-corrected chi connectivity index (χ0v) is 13.8. The van der Waals surface area contributed by atoms with E-state index < -0.39 is 0 Å². The van der Waals surface area contributed by atoms with Crippen molar-refractivity contribution in [2.24, 2.45) is 0 Å². The van der Waals surface area contributed by atoms with Crippen LogP contribution in [0.3, 0.4) is 0 Å². The molecule has 2 aromatic rings. The molecule has 0 fully saturated rings. The zero-order valence-electron chi connectivity index (χ0n) is 12.2. The summed E-state index contributed by atoms with van der Waals surface area (Å²) in [6.07, 6.45) is 0. The molecule has 0 unspecified atom stereocenters. The molecule has 0 spiro atoms. The summed E-state index contributed by atoms with van der Waals surface area (Å²) in [5.41, 5.74) is 2.10. The maximum absolute atomic E-state index is 12.8. The van der Waals surface area contributed by atoms with Gasteiger partial charge in [-0.25, -0.2) is 4.39 Å². The van der Waals surface area contributed by atoms with Crippen LogP contribution in [0.4, 0.5) is 4.39 Å². The molecule has 0 heterocycles. The summed E-state index contributed by atoms with van der Waals surface area (Å²) in [5, 5.41) is 3.38. The number of benzene rings is 2. The molecule has 0 aliphatic carbocycles. The molecule has 2 nitrogen and oxygen atoms in total. The summed E-state index contributed by atoms with van der Waals surface area (Å²) in [5.74, 6) is 0.576. The fraction of sp³-hybridized carbons (Fsp3) is 0.294. The average molecular weight is 352 g/mol. The Morgan fingerprint density at radius 1 is 1.14 bits per heavy atom. The van der Waals surface area contributed by atoms with E-state index in [9.17, 15) is 4.39 Å². The molecule has 112 valence electrons. The smallest absolute Gasteiger partial charge is 0.123 e. The van der Waals surface area contributed by atoms with Gasteiger partial charge in [0, 0.05) is 17.1 Å². The lowest BCUT2D eigenvalue weighted by molar-refractivity contribution is 0.305. The van der Waals surface area contributed by atoms with E-state index in [1.807, 2.05) is 18.2 Å². The summed E-state index contributed by atoms with van der Waals surface area (Å²) in [6.45, 7) is 5.44. The van der Waals surface area contributed by atoms with Crippen molar-refractivity contribution in [3.63, 3.8) is 0 Å². The first-order valence-electron chi connectivity index (χ1n) is 6.93. The molecular formula is C17H19BrFNO. The minimum Gasteiger partial charge on any atom is -0.489 e. The first kappa shape index (κ1) is 16.0. The molecule has 2 rings (SSSR count). The predicted molar refractivity (Wildman–Crippen MR) is 86.8 cm³/mol. The lowest BCUT2D eigenvalue weighted by atomic mass is 10.2. The fourth-order valence-electron chi connectivity index (χ4n) is 1.84. The number of halogens is 2. The Kier molecular flexibility index (Phi) is 5.76. The van der Waals surface area contributed by atoms with E-state index in [0.717, 1.165) is 27.9 Å². The van der Waals surface area contributed by atoms with E-state index >= 15 is 0 Å². The van der Waals surface area contributed by atoms with Gasteiger partial charge in [-0.3, -0.25) is 0 Å². The Morgan fingerprint density at radius 2 is 1.86 bits per heavy atom. The second kappa shape index (κ2) is 7.57. The van der Waals surface area contributed by atoms with Gasteiger partial charge in [0.15, 0.2) is 0 Å². The molecule has 0 aliphatic heterocycles. The molecule has 0 saturated carbocycles. The Morgan fingerprint density at radius 3 is 2.52 bits per heavy atom. The number of nitrogens with one attached hydrogen (secondary N) is 1. The number of hydrogen-bond donors (Lipinski definition) is 1. The van der Waals surface area contributed by atoms with Crippen LogP contribution in [-0.4, -0.2) is 6.04 Å². The molecule has 2 aromatic carbocycles. The van der Waals surface area contributed by atoms with Crippen molar-refractivity contribution >= 4 is 15.9 Å². The van der Waals surface area contributed by atoms with Crippen LogP contribution in [0.5, 0.6) is 5.75 Å². The molecule has 21 heavy (non-hydrogen) atoms. The second-order valence-corrected chi connectivity index (χ2v) is 6.06. The van der Waals surface area contributed by atoms with Crippen molar-refractivity contribution in [3.8, 4) is 5.75 Å². The maximum atomic E-state index is 12.8. The quantitative estimate of drug-likeness (QED) is 0.816. The van der Waals surface area contributed by atoms with Crippen LogP contribution in [0.1, 0.15) is 25.0 Å². The summed E-state index contributed by atoms with van der Waals surface area (Å²) in [4.78, 5) is 0. The highest BCUT2D eigenvalue weighted by Gasteiger charge is 2.04. The van der Waals surface area contributed by atoms with E-state index in [4.69, 9.17) is 4.74 Å².